The fraction of sp³-hybridized carbons (Fsp3) is 0.667. The summed E-state index contributed by atoms with van der Waals surface area (Å²) in [7, 11) is 3.87. The molecular weight excluding hydrogens is 100 g/mol. The molecule has 2 heteroatoms. The number of hydrogen-bond acceptors (Lipinski definition) is 2. The lowest BCUT2D eigenvalue weighted by Crippen LogP contribution is -2.26. The maximum Gasteiger partial charge on any atom is 0.0411 e. The second-order valence-electron chi connectivity index (χ2n) is 2.17. The summed E-state index contributed by atoms with van der Waals surface area (Å²) in [4.78, 5) is 1.92. The van der Waals surface area contributed by atoms with E-state index in [1.54, 1.807) is 0 Å². The normalized spacial score (nSPS) is 13.0. The molecule has 0 heterocycles. The van der Waals surface area contributed by atoms with E-state index >= 15 is 0 Å². The number of hydrogen-bond donors (Lipinski definition) is 1. The smallest absolute Gasteiger partial charge is 0.0411 e. The van der Waals surface area contributed by atoms with Gasteiger partial charge in [-0.15, -0.1) is 0 Å². The Morgan fingerprint density at radius 1 is 1.62 bits per heavy atom. The van der Waals surface area contributed by atoms with E-state index in [0.29, 0.717) is 0 Å². The van der Waals surface area contributed by atoms with Gasteiger partial charge in [0.25, 0.3) is 0 Å². The molecule has 2 N–H and O–H groups in total. The van der Waals surface area contributed by atoms with E-state index in [1.165, 1.54) is 0 Å². The fourth-order valence-corrected chi connectivity index (χ4v) is 0.407. The maximum atomic E-state index is 5.50. The van der Waals surface area contributed by atoms with Crippen LogP contribution in [-0.4, -0.2) is 25.0 Å². The van der Waals surface area contributed by atoms with Gasteiger partial charge in [0.2, 0.25) is 0 Å². The van der Waals surface area contributed by atoms with E-state index in [-0.39, 0.29) is 6.04 Å². The van der Waals surface area contributed by atoms with Crippen molar-refractivity contribution < 1.29 is 0 Å². The number of rotatable bonds is 2. The third kappa shape index (κ3) is 1.98. The topological polar surface area (TPSA) is 29.3 Å². The first-order valence-electron chi connectivity index (χ1n) is 2.67. The van der Waals surface area contributed by atoms with Crippen molar-refractivity contribution in [3.05, 3.63) is 12.3 Å². The zero-order valence-electron chi connectivity index (χ0n) is 5.81. The van der Waals surface area contributed by atoms with Crippen LogP contribution in [0, 0.1) is 0 Å². The van der Waals surface area contributed by atoms with Crippen LogP contribution in [0.25, 0.3) is 0 Å². The molecule has 0 aliphatic rings. The summed E-state index contributed by atoms with van der Waals surface area (Å²) in [5.74, 6) is 0. The Morgan fingerprint density at radius 3 is 2.00 bits per heavy atom. The van der Waals surface area contributed by atoms with Gasteiger partial charge in [-0.2, -0.15) is 0 Å². The quantitative estimate of drug-likeness (QED) is 0.563. The van der Waals surface area contributed by atoms with Crippen molar-refractivity contribution in [2.45, 2.75) is 13.0 Å². The maximum absolute atomic E-state index is 5.50. The summed E-state index contributed by atoms with van der Waals surface area (Å²) in [6.07, 6.45) is 0. The van der Waals surface area contributed by atoms with Gasteiger partial charge in [-0.05, 0) is 6.92 Å². The summed E-state index contributed by atoms with van der Waals surface area (Å²) in [5, 5.41) is 0. The summed E-state index contributed by atoms with van der Waals surface area (Å²) < 4.78 is 0. The molecule has 2 nitrogen and oxygen atoms in total. The van der Waals surface area contributed by atoms with Crippen LogP contribution in [0.2, 0.25) is 0 Å². The molecule has 0 bridgehead atoms. The number of likely N-dealkylation sites (N-methyl/N-ethyl adjacent to an activating group) is 1. The predicted molar refractivity (Wildman–Crippen MR) is 36.5 cm³/mol. The molecule has 0 fully saturated rings. The first-order valence-corrected chi connectivity index (χ1v) is 2.67. The molecular formula is C6H14N2. The second kappa shape index (κ2) is 2.72. The first-order chi connectivity index (χ1) is 3.55. The average Bonchev–Trinajstić information content (AvgIpc) is 1.64. The molecule has 0 aliphatic heterocycles. The van der Waals surface area contributed by atoms with Crippen molar-refractivity contribution in [2.75, 3.05) is 14.1 Å². The third-order valence-corrected chi connectivity index (χ3v) is 1.10. The molecule has 1 atom stereocenters. The van der Waals surface area contributed by atoms with Crippen molar-refractivity contribution >= 4 is 0 Å². The van der Waals surface area contributed by atoms with E-state index in [9.17, 15) is 0 Å². The number of nitrogens with two attached hydrogens (primary N) is 1. The van der Waals surface area contributed by atoms with Gasteiger partial charge in [0, 0.05) is 25.8 Å². The van der Waals surface area contributed by atoms with Crippen LogP contribution in [0.1, 0.15) is 6.92 Å². The summed E-state index contributed by atoms with van der Waals surface area (Å²) in [5.41, 5.74) is 6.46. The van der Waals surface area contributed by atoms with Gasteiger partial charge in [0.05, 0.1) is 0 Å². The Morgan fingerprint density at radius 2 is 2.00 bits per heavy atom. The highest BCUT2D eigenvalue weighted by molar-refractivity contribution is 4.98. The predicted octanol–water partition coefficient (Wildman–Crippen LogP) is 0.409. The van der Waals surface area contributed by atoms with Crippen molar-refractivity contribution in [2.24, 2.45) is 5.73 Å². The minimum atomic E-state index is 0.0741. The third-order valence-electron chi connectivity index (χ3n) is 1.10. The molecule has 0 aromatic carbocycles. The molecule has 1 unspecified atom stereocenters. The van der Waals surface area contributed by atoms with Crippen LogP contribution in [0.5, 0.6) is 0 Å². The van der Waals surface area contributed by atoms with Gasteiger partial charge in [-0.1, -0.05) is 6.58 Å². The molecule has 0 amide bonds. The summed E-state index contributed by atoms with van der Waals surface area (Å²) in [6, 6.07) is 0.0741. The molecule has 8 heavy (non-hydrogen) atoms. The molecule has 0 saturated heterocycles. The van der Waals surface area contributed by atoms with Crippen molar-refractivity contribution in [3.63, 3.8) is 0 Å². The SMILES string of the molecule is C=C(C(C)N)N(C)C. The van der Waals surface area contributed by atoms with Crippen LogP contribution in [0.4, 0.5) is 0 Å². The lowest BCUT2D eigenvalue weighted by Gasteiger charge is -2.18. The number of nitrogens with zero attached hydrogens (tertiary/aromatic N) is 1. The Labute approximate surface area is 51.0 Å². The Balaban J connectivity index is 3.65. The molecule has 0 saturated carbocycles. The monoisotopic (exact) mass is 114 g/mol. The lowest BCUT2D eigenvalue weighted by molar-refractivity contribution is 0.474. The van der Waals surface area contributed by atoms with Gasteiger partial charge in [-0.25, -0.2) is 0 Å². The highest BCUT2D eigenvalue weighted by atomic mass is 15.1. The van der Waals surface area contributed by atoms with Gasteiger partial charge in [-0.3, -0.25) is 0 Å². The minimum absolute atomic E-state index is 0.0741. The van der Waals surface area contributed by atoms with Crippen LogP contribution in [0.3, 0.4) is 0 Å². The van der Waals surface area contributed by atoms with Crippen molar-refractivity contribution in [3.8, 4) is 0 Å². The second-order valence-corrected chi connectivity index (χ2v) is 2.17. The zero-order valence-corrected chi connectivity index (χ0v) is 5.81. The van der Waals surface area contributed by atoms with Gasteiger partial charge in [0.15, 0.2) is 0 Å². The lowest BCUT2D eigenvalue weighted by atomic mass is 10.3. The Kier molecular flexibility index (Phi) is 2.55. The van der Waals surface area contributed by atoms with E-state index in [2.05, 4.69) is 6.58 Å². The molecule has 0 aromatic rings. The largest absolute Gasteiger partial charge is 0.380 e. The van der Waals surface area contributed by atoms with Crippen LogP contribution in [-0.2, 0) is 0 Å². The summed E-state index contributed by atoms with van der Waals surface area (Å²) in [6.45, 7) is 5.67. The van der Waals surface area contributed by atoms with E-state index in [0.717, 1.165) is 5.70 Å². The first kappa shape index (κ1) is 7.50. The molecule has 0 radical (unpaired) electrons. The summed E-state index contributed by atoms with van der Waals surface area (Å²) >= 11 is 0. The fourth-order valence-electron chi connectivity index (χ4n) is 0.407. The average molecular weight is 114 g/mol. The van der Waals surface area contributed by atoms with Crippen LogP contribution >= 0.6 is 0 Å². The van der Waals surface area contributed by atoms with Gasteiger partial charge >= 0.3 is 0 Å². The van der Waals surface area contributed by atoms with E-state index in [1.807, 2.05) is 25.9 Å². The van der Waals surface area contributed by atoms with Crippen molar-refractivity contribution in [1.29, 1.82) is 0 Å². The molecule has 0 rings (SSSR count). The van der Waals surface area contributed by atoms with Gasteiger partial charge < -0.3 is 10.6 Å². The van der Waals surface area contributed by atoms with E-state index < -0.39 is 0 Å². The highest BCUT2D eigenvalue weighted by Gasteiger charge is 1.99. The van der Waals surface area contributed by atoms with Crippen LogP contribution in [0.15, 0.2) is 12.3 Å². The minimum Gasteiger partial charge on any atom is -0.380 e. The molecule has 0 spiro atoms. The standard InChI is InChI=1S/C6H14N2/c1-5(7)6(2)8(3)4/h5H,2,7H2,1,3-4H3. The highest BCUT2D eigenvalue weighted by Crippen LogP contribution is 1.96. The van der Waals surface area contributed by atoms with Gasteiger partial charge in [0.1, 0.15) is 0 Å². The Hall–Kier alpha value is -0.500. The van der Waals surface area contributed by atoms with Crippen LogP contribution < -0.4 is 5.73 Å². The van der Waals surface area contributed by atoms with E-state index in [4.69, 9.17) is 5.73 Å². The molecule has 0 aromatic heterocycles. The Bertz CT molecular complexity index is 74.5. The molecule has 48 valence electrons. The zero-order chi connectivity index (χ0) is 6.73. The van der Waals surface area contributed by atoms with Crippen molar-refractivity contribution in [1.82, 2.24) is 4.90 Å². The molecule has 0 aliphatic carbocycles.